The smallest absolute Gasteiger partial charge is 0.0458 e. The third kappa shape index (κ3) is 3.26. The maximum atomic E-state index is 3.68. The summed E-state index contributed by atoms with van der Waals surface area (Å²) < 4.78 is 0. The van der Waals surface area contributed by atoms with Crippen molar-refractivity contribution in [2.24, 2.45) is 0 Å². The molecule has 2 aromatic rings. The zero-order valence-electron chi connectivity index (χ0n) is 12.6. The van der Waals surface area contributed by atoms with Crippen molar-refractivity contribution in [2.75, 3.05) is 0 Å². The van der Waals surface area contributed by atoms with Gasteiger partial charge < -0.3 is 4.98 Å². The van der Waals surface area contributed by atoms with Crippen LogP contribution in [0, 0.1) is 0 Å². The Morgan fingerprint density at radius 2 is 1.25 bits per heavy atom. The second-order valence-electron chi connectivity index (χ2n) is 6.31. The van der Waals surface area contributed by atoms with Gasteiger partial charge in [0.2, 0.25) is 0 Å². The molecule has 0 aliphatic heterocycles. The van der Waals surface area contributed by atoms with Gasteiger partial charge in [-0.05, 0) is 37.3 Å². The minimum absolute atomic E-state index is 1.24. The topological polar surface area (TPSA) is 15.8 Å². The van der Waals surface area contributed by atoms with Crippen molar-refractivity contribution >= 4 is 10.9 Å². The lowest BCUT2D eigenvalue weighted by Gasteiger charge is -2.04. The number of aromatic amines is 1. The van der Waals surface area contributed by atoms with Crippen molar-refractivity contribution in [3.05, 3.63) is 35.5 Å². The largest absolute Gasteiger partial charge is 0.358 e. The van der Waals surface area contributed by atoms with Gasteiger partial charge >= 0.3 is 0 Å². The van der Waals surface area contributed by atoms with Gasteiger partial charge in [-0.25, -0.2) is 0 Å². The van der Waals surface area contributed by atoms with Crippen LogP contribution >= 0.6 is 0 Å². The quantitative estimate of drug-likeness (QED) is 0.624. The van der Waals surface area contributed by atoms with E-state index in [1.807, 2.05) is 0 Å². The van der Waals surface area contributed by atoms with E-state index in [2.05, 4.69) is 29.2 Å². The Hall–Kier alpha value is -1.24. The van der Waals surface area contributed by atoms with Crippen LogP contribution in [0.25, 0.3) is 10.9 Å². The third-order valence-electron chi connectivity index (χ3n) is 4.76. The van der Waals surface area contributed by atoms with Crippen molar-refractivity contribution in [3.63, 3.8) is 0 Å². The maximum Gasteiger partial charge on any atom is 0.0458 e. The molecular weight excluding hydrogens is 242 g/mol. The van der Waals surface area contributed by atoms with Gasteiger partial charge in [-0.3, -0.25) is 0 Å². The fourth-order valence-corrected chi connectivity index (χ4v) is 3.60. The van der Waals surface area contributed by atoms with Gasteiger partial charge in [-0.2, -0.15) is 0 Å². The average Bonchev–Trinajstić information content (AvgIpc) is 2.82. The van der Waals surface area contributed by atoms with E-state index in [9.17, 15) is 0 Å². The Bertz CT molecular complexity index is 538. The van der Waals surface area contributed by atoms with E-state index in [1.54, 1.807) is 5.56 Å². The molecule has 1 heteroatoms. The molecule has 1 aliphatic carbocycles. The Kier molecular flexibility index (Phi) is 4.78. The first-order valence-corrected chi connectivity index (χ1v) is 8.53. The maximum absolute atomic E-state index is 3.68. The van der Waals surface area contributed by atoms with Gasteiger partial charge in [0, 0.05) is 16.6 Å². The highest BCUT2D eigenvalue weighted by Gasteiger charge is 2.11. The van der Waals surface area contributed by atoms with Crippen LogP contribution in [0.5, 0.6) is 0 Å². The average molecular weight is 269 g/mol. The molecule has 0 saturated heterocycles. The molecule has 0 unspecified atom stereocenters. The molecule has 0 spiro atoms. The van der Waals surface area contributed by atoms with Crippen molar-refractivity contribution in [1.82, 2.24) is 4.98 Å². The standard InChI is InChI=1S/C19H27N/c1-2-4-6-8-12-16-17-13-10-11-15-19(17)20-18(16)14-9-7-5-3-1/h10-11,13,15,20H,1-9,12,14H2. The normalized spacial score (nSPS) is 18.8. The first-order valence-electron chi connectivity index (χ1n) is 8.53. The molecule has 0 radical (unpaired) electrons. The molecule has 108 valence electrons. The van der Waals surface area contributed by atoms with Crippen molar-refractivity contribution in [1.29, 1.82) is 0 Å². The first-order chi connectivity index (χ1) is 9.95. The monoisotopic (exact) mass is 269 g/mol. The number of H-pyrrole nitrogens is 1. The zero-order chi connectivity index (χ0) is 13.6. The van der Waals surface area contributed by atoms with E-state index >= 15 is 0 Å². The molecule has 1 aromatic heterocycles. The van der Waals surface area contributed by atoms with Crippen molar-refractivity contribution in [2.45, 2.75) is 70.6 Å². The summed E-state index contributed by atoms with van der Waals surface area (Å²) in [4.78, 5) is 3.68. The van der Waals surface area contributed by atoms with Crippen molar-refractivity contribution in [3.8, 4) is 0 Å². The first kappa shape index (κ1) is 13.7. The molecule has 0 fully saturated rings. The van der Waals surface area contributed by atoms with E-state index in [0.29, 0.717) is 0 Å². The third-order valence-corrected chi connectivity index (χ3v) is 4.76. The number of fused-ring (bicyclic) bond motifs is 3. The summed E-state index contributed by atoms with van der Waals surface area (Å²) in [6.07, 6.45) is 15.2. The van der Waals surface area contributed by atoms with Crippen LogP contribution in [0.1, 0.15) is 69.0 Å². The Labute approximate surface area is 122 Å². The van der Waals surface area contributed by atoms with E-state index in [4.69, 9.17) is 0 Å². The van der Waals surface area contributed by atoms with Crippen LogP contribution in [0.3, 0.4) is 0 Å². The van der Waals surface area contributed by atoms with E-state index in [1.165, 1.54) is 87.2 Å². The van der Waals surface area contributed by atoms with Gasteiger partial charge in [0.05, 0.1) is 0 Å². The summed E-state index contributed by atoms with van der Waals surface area (Å²) in [5.41, 5.74) is 4.47. The second-order valence-corrected chi connectivity index (χ2v) is 6.31. The van der Waals surface area contributed by atoms with Gasteiger partial charge in [-0.1, -0.05) is 63.1 Å². The minimum Gasteiger partial charge on any atom is -0.358 e. The molecule has 1 aliphatic rings. The summed E-state index contributed by atoms with van der Waals surface area (Å²) >= 11 is 0. The lowest BCUT2D eigenvalue weighted by Crippen LogP contribution is -1.93. The van der Waals surface area contributed by atoms with E-state index in [0.717, 1.165) is 0 Å². The number of aromatic nitrogens is 1. The highest BCUT2D eigenvalue weighted by atomic mass is 14.7. The summed E-state index contributed by atoms with van der Waals surface area (Å²) in [6.45, 7) is 0. The Morgan fingerprint density at radius 1 is 0.650 bits per heavy atom. The van der Waals surface area contributed by atoms with Crippen LogP contribution in [0.4, 0.5) is 0 Å². The van der Waals surface area contributed by atoms with Crippen LogP contribution < -0.4 is 0 Å². The van der Waals surface area contributed by atoms with Crippen LogP contribution in [0.2, 0.25) is 0 Å². The highest BCUT2D eigenvalue weighted by molar-refractivity contribution is 5.84. The van der Waals surface area contributed by atoms with Crippen LogP contribution in [-0.4, -0.2) is 4.98 Å². The molecule has 1 heterocycles. The van der Waals surface area contributed by atoms with E-state index in [-0.39, 0.29) is 0 Å². The number of para-hydroxylation sites is 1. The molecule has 1 N–H and O–H groups in total. The molecule has 1 nitrogen and oxygen atoms in total. The molecular formula is C19H27N. The molecule has 0 atom stereocenters. The summed E-state index contributed by atoms with van der Waals surface area (Å²) in [5, 5.41) is 1.47. The minimum atomic E-state index is 1.24. The number of aryl methyl sites for hydroxylation is 2. The zero-order valence-corrected chi connectivity index (χ0v) is 12.6. The second kappa shape index (κ2) is 6.97. The van der Waals surface area contributed by atoms with Crippen molar-refractivity contribution < 1.29 is 0 Å². The number of rotatable bonds is 0. The molecule has 3 rings (SSSR count). The highest BCUT2D eigenvalue weighted by Crippen LogP contribution is 2.26. The Morgan fingerprint density at radius 3 is 2.00 bits per heavy atom. The SMILES string of the molecule is c1ccc2c3c([nH]c2c1)CCCCCCCCCCC3. The van der Waals surface area contributed by atoms with Gasteiger partial charge in [0.15, 0.2) is 0 Å². The lowest BCUT2D eigenvalue weighted by atomic mass is 10.0. The fraction of sp³-hybridized carbons (Fsp3) is 0.579. The number of nitrogens with one attached hydrogen (secondary N) is 1. The summed E-state index contributed by atoms with van der Waals surface area (Å²) in [7, 11) is 0. The number of hydrogen-bond donors (Lipinski definition) is 1. The van der Waals surface area contributed by atoms with Crippen LogP contribution in [0.15, 0.2) is 24.3 Å². The van der Waals surface area contributed by atoms with Gasteiger partial charge in [-0.15, -0.1) is 0 Å². The number of hydrogen-bond acceptors (Lipinski definition) is 0. The summed E-state index contributed by atoms with van der Waals surface area (Å²) in [6, 6.07) is 8.84. The number of benzene rings is 1. The predicted molar refractivity (Wildman–Crippen MR) is 87.3 cm³/mol. The lowest BCUT2D eigenvalue weighted by molar-refractivity contribution is 0.563. The Balaban J connectivity index is 1.82. The molecule has 0 saturated carbocycles. The van der Waals surface area contributed by atoms with E-state index < -0.39 is 0 Å². The summed E-state index contributed by atoms with van der Waals surface area (Å²) in [5.74, 6) is 0. The predicted octanol–water partition coefficient (Wildman–Crippen LogP) is 5.78. The molecule has 1 aromatic carbocycles. The molecule has 0 bridgehead atoms. The molecule has 20 heavy (non-hydrogen) atoms. The van der Waals surface area contributed by atoms with Crippen LogP contribution in [-0.2, 0) is 12.8 Å². The molecule has 0 amide bonds. The fourth-order valence-electron chi connectivity index (χ4n) is 3.60. The van der Waals surface area contributed by atoms with Gasteiger partial charge in [0.25, 0.3) is 0 Å². The van der Waals surface area contributed by atoms with Gasteiger partial charge in [0.1, 0.15) is 0 Å².